The van der Waals surface area contributed by atoms with Crippen molar-refractivity contribution in [3.63, 3.8) is 0 Å². The Morgan fingerprint density at radius 2 is 1.62 bits per heavy atom. The first-order valence-electron chi connectivity index (χ1n) is 6.02. The first-order valence-corrected chi connectivity index (χ1v) is 6.02. The van der Waals surface area contributed by atoms with Gasteiger partial charge in [0.2, 0.25) is 0 Å². The largest absolute Gasteiger partial charge is 0.316 e. The molecule has 16 heavy (non-hydrogen) atoms. The van der Waals surface area contributed by atoms with Crippen molar-refractivity contribution >= 4 is 0 Å². The molecule has 3 nitrogen and oxygen atoms in total. The van der Waals surface area contributed by atoms with Gasteiger partial charge in [0.1, 0.15) is 5.82 Å². The monoisotopic (exact) mass is 221 g/mol. The fraction of sp³-hybridized carbons (Fsp3) is 0.692. The van der Waals surface area contributed by atoms with Gasteiger partial charge >= 0.3 is 0 Å². The summed E-state index contributed by atoms with van der Waals surface area (Å²) in [6.07, 6.45) is 1.02. The Kier molecular flexibility index (Phi) is 4.87. The Bertz CT molecular complexity index is 322. The normalized spacial score (nSPS) is 11.1. The smallest absolute Gasteiger partial charge is 0.125 e. The second-order valence-corrected chi connectivity index (χ2v) is 4.77. The van der Waals surface area contributed by atoms with E-state index in [1.165, 1.54) is 5.56 Å². The van der Waals surface area contributed by atoms with Crippen LogP contribution in [0.5, 0.6) is 0 Å². The summed E-state index contributed by atoms with van der Waals surface area (Å²) in [7, 11) is 0. The highest BCUT2D eigenvalue weighted by Gasteiger charge is 2.06. The molecule has 0 spiro atoms. The minimum atomic E-state index is 0.705. The maximum absolute atomic E-state index is 4.41. The quantitative estimate of drug-likeness (QED) is 0.775. The molecule has 1 aromatic rings. The van der Waals surface area contributed by atoms with Crippen LogP contribution in [-0.2, 0) is 6.42 Å². The topological polar surface area (TPSA) is 37.8 Å². The number of aryl methyl sites for hydroxylation is 3. The van der Waals surface area contributed by atoms with Gasteiger partial charge in [0, 0.05) is 11.4 Å². The lowest BCUT2D eigenvalue weighted by Gasteiger charge is -2.11. The van der Waals surface area contributed by atoms with Crippen LogP contribution in [0.3, 0.4) is 0 Å². The molecular weight excluding hydrogens is 198 g/mol. The second kappa shape index (κ2) is 5.94. The number of aromatic nitrogens is 2. The van der Waals surface area contributed by atoms with E-state index < -0.39 is 0 Å². The summed E-state index contributed by atoms with van der Waals surface area (Å²) in [6, 6.07) is 0. The SMILES string of the molecule is Cc1nc(C)c(CCNCC(C)C)c(C)n1. The summed E-state index contributed by atoms with van der Waals surface area (Å²) < 4.78 is 0. The van der Waals surface area contributed by atoms with Gasteiger partial charge in [-0.05, 0) is 51.8 Å². The van der Waals surface area contributed by atoms with Crippen molar-refractivity contribution in [1.82, 2.24) is 15.3 Å². The van der Waals surface area contributed by atoms with Crippen LogP contribution < -0.4 is 5.32 Å². The molecule has 0 aromatic carbocycles. The van der Waals surface area contributed by atoms with Crippen LogP contribution in [0.4, 0.5) is 0 Å². The van der Waals surface area contributed by atoms with E-state index in [2.05, 4.69) is 43.0 Å². The molecule has 90 valence electrons. The molecule has 0 radical (unpaired) electrons. The molecular formula is C13H23N3. The first-order chi connectivity index (χ1) is 7.50. The number of nitrogens with zero attached hydrogens (tertiary/aromatic N) is 2. The van der Waals surface area contributed by atoms with Crippen molar-refractivity contribution < 1.29 is 0 Å². The van der Waals surface area contributed by atoms with Crippen LogP contribution in [-0.4, -0.2) is 23.1 Å². The summed E-state index contributed by atoms with van der Waals surface area (Å²) in [4.78, 5) is 8.82. The van der Waals surface area contributed by atoms with Gasteiger partial charge in [0.25, 0.3) is 0 Å². The third-order valence-electron chi connectivity index (χ3n) is 2.64. The average Bonchev–Trinajstić information content (AvgIpc) is 2.14. The van der Waals surface area contributed by atoms with Crippen LogP contribution in [0.25, 0.3) is 0 Å². The average molecular weight is 221 g/mol. The van der Waals surface area contributed by atoms with Gasteiger partial charge in [-0.1, -0.05) is 13.8 Å². The number of hydrogen-bond donors (Lipinski definition) is 1. The maximum atomic E-state index is 4.41. The van der Waals surface area contributed by atoms with Gasteiger partial charge in [0.15, 0.2) is 0 Å². The zero-order valence-corrected chi connectivity index (χ0v) is 11.1. The molecule has 3 heteroatoms. The highest BCUT2D eigenvalue weighted by atomic mass is 14.9. The van der Waals surface area contributed by atoms with Gasteiger partial charge in [-0.15, -0.1) is 0 Å². The van der Waals surface area contributed by atoms with E-state index in [0.29, 0.717) is 5.92 Å². The third-order valence-corrected chi connectivity index (χ3v) is 2.64. The molecule has 1 N–H and O–H groups in total. The van der Waals surface area contributed by atoms with E-state index in [1.807, 2.05) is 6.92 Å². The summed E-state index contributed by atoms with van der Waals surface area (Å²) in [5.41, 5.74) is 3.54. The van der Waals surface area contributed by atoms with E-state index >= 15 is 0 Å². The lowest BCUT2D eigenvalue weighted by molar-refractivity contribution is 0.553. The molecule has 0 aliphatic carbocycles. The Balaban J connectivity index is 2.54. The number of hydrogen-bond acceptors (Lipinski definition) is 3. The van der Waals surface area contributed by atoms with E-state index in [-0.39, 0.29) is 0 Å². The molecule has 1 rings (SSSR count). The first kappa shape index (κ1) is 13.1. The molecule has 0 bridgehead atoms. The van der Waals surface area contributed by atoms with Crippen molar-refractivity contribution in [2.24, 2.45) is 5.92 Å². The van der Waals surface area contributed by atoms with E-state index in [4.69, 9.17) is 0 Å². The lowest BCUT2D eigenvalue weighted by Crippen LogP contribution is -2.23. The number of nitrogens with one attached hydrogen (secondary N) is 1. The Morgan fingerprint density at radius 1 is 1.06 bits per heavy atom. The van der Waals surface area contributed by atoms with Crippen molar-refractivity contribution in [1.29, 1.82) is 0 Å². The van der Waals surface area contributed by atoms with Gasteiger partial charge in [0.05, 0.1) is 0 Å². The Hall–Kier alpha value is -0.960. The molecule has 0 fully saturated rings. The Labute approximate surface area is 98.7 Å². The molecule has 1 aromatic heterocycles. The van der Waals surface area contributed by atoms with E-state index in [1.54, 1.807) is 0 Å². The van der Waals surface area contributed by atoms with Crippen molar-refractivity contribution in [2.45, 2.75) is 41.0 Å². The van der Waals surface area contributed by atoms with Crippen molar-refractivity contribution in [3.8, 4) is 0 Å². The second-order valence-electron chi connectivity index (χ2n) is 4.77. The lowest BCUT2D eigenvalue weighted by atomic mass is 10.1. The van der Waals surface area contributed by atoms with Crippen LogP contribution >= 0.6 is 0 Å². The minimum absolute atomic E-state index is 0.705. The van der Waals surface area contributed by atoms with Gasteiger partial charge in [-0.3, -0.25) is 0 Å². The zero-order chi connectivity index (χ0) is 12.1. The summed E-state index contributed by atoms with van der Waals surface area (Å²) in [5, 5.41) is 3.45. The molecule has 0 unspecified atom stereocenters. The van der Waals surface area contributed by atoms with Crippen LogP contribution in [0, 0.1) is 26.7 Å². The van der Waals surface area contributed by atoms with Crippen LogP contribution in [0.1, 0.15) is 36.6 Å². The van der Waals surface area contributed by atoms with Crippen molar-refractivity contribution in [3.05, 3.63) is 22.8 Å². The predicted octanol–water partition coefficient (Wildman–Crippen LogP) is 2.19. The molecule has 0 aliphatic heterocycles. The van der Waals surface area contributed by atoms with E-state index in [9.17, 15) is 0 Å². The third kappa shape index (κ3) is 3.89. The fourth-order valence-electron chi connectivity index (χ4n) is 1.87. The van der Waals surface area contributed by atoms with Crippen LogP contribution in [0.2, 0.25) is 0 Å². The van der Waals surface area contributed by atoms with Gasteiger partial charge in [-0.2, -0.15) is 0 Å². The number of rotatable bonds is 5. The van der Waals surface area contributed by atoms with Crippen molar-refractivity contribution in [2.75, 3.05) is 13.1 Å². The standard InChI is InChI=1S/C13H23N3/c1-9(2)8-14-7-6-13-10(3)15-12(5)16-11(13)4/h9,14H,6-8H2,1-5H3. The molecule has 0 atom stereocenters. The molecule has 0 aliphatic rings. The minimum Gasteiger partial charge on any atom is -0.316 e. The highest BCUT2D eigenvalue weighted by molar-refractivity contribution is 5.24. The highest BCUT2D eigenvalue weighted by Crippen LogP contribution is 2.10. The Morgan fingerprint density at radius 3 is 2.12 bits per heavy atom. The maximum Gasteiger partial charge on any atom is 0.125 e. The van der Waals surface area contributed by atoms with Gasteiger partial charge < -0.3 is 5.32 Å². The fourth-order valence-corrected chi connectivity index (χ4v) is 1.87. The van der Waals surface area contributed by atoms with E-state index in [0.717, 1.165) is 36.7 Å². The summed E-state index contributed by atoms with van der Waals surface area (Å²) >= 11 is 0. The summed E-state index contributed by atoms with van der Waals surface area (Å²) in [6.45, 7) is 12.6. The van der Waals surface area contributed by atoms with Gasteiger partial charge in [-0.25, -0.2) is 9.97 Å². The van der Waals surface area contributed by atoms with Crippen LogP contribution in [0.15, 0.2) is 0 Å². The molecule has 0 saturated heterocycles. The zero-order valence-electron chi connectivity index (χ0n) is 11.1. The molecule has 0 amide bonds. The molecule has 1 heterocycles. The predicted molar refractivity (Wildman–Crippen MR) is 67.7 cm³/mol. The molecule has 0 saturated carbocycles. The summed E-state index contributed by atoms with van der Waals surface area (Å²) in [5.74, 6) is 1.57.